The van der Waals surface area contributed by atoms with Gasteiger partial charge in [0.15, 0.2) is 0 Å². The summed E-state index contributed by atoms with van der Waals surface area (Å²) in [5, 5.41) is 6.29. The van der Waals surface area contributed by atoms with Gasteiger partial charge in [-0.3, -0.25) is 4.79 Å². The second-order valence-electron chi connectivity index (χ2n) is 6.04. The van der Waals surface area contributed by atoms with E-state index in [1.54, 1.807) is 4.31 Å². The van der Waals surface area contributed by atoms with Crippen LogP contribution in [0.1, 0.15) is 39.0 Å². The first-order valence-electron chi connectivity index (χ1n) is 8.02. The molecule has 130 valence electrons. The van der Waals surface area contributed by atoms with Crippen LogP contribution in [-0.4, -0.2) is 56.6 Å². The van der Waals surface area contributed by atoms with Gasteiger partial charge in [-0.25, -0.2) is 12.7 Å². The summed E-state index contributed by atoms with van der Waals surface area (Å²) in [6.07, 6.45) is 3.84. The van der Waals surface area contributed by atoms with Gasteiger partial charge in [0.05, 0.1) is 5.75 Å². The van der Waals surface area contributed by atoms with Crippen LogP contribution in [0, 0.1) is 5.92 Å². The SMILES string of the molecule is CCCCS(=O)(=O)N1CCC(C(=O)NC2CCNC2)CC1.Cl. The second-order valence-corrected chi connectivity index (χ2v) is 8.13. The molecule has 1 unspecified atom stereocenters. The van der Waals surface area contributed by atoms with E-state index in [-0.39, 0.29) is 36.0 Å². The van der Waals surface area contributed by atoms with Gasteiger partial charge in [-0.2, -0.15) is 0 Å². The van der Waals surface area contributed by atoms with Gasteiger partial charge < -0.3 is 10.6 Å². The maximum atomic E-state index is 12.2. The molecule has 2 aliphatic rings. The molecular weight excluding hydrogens is 326 g/mol. The highest BCUT2D eigenvalue weighted by Crippen LogP contribution is 2.21. The van der Waals surface area contributed by atoms with E-state index in [1.807, 2.05) is 6.92 Å². The van der Waals surface area contributed by atoms with E-state index in [4.69, 9.17) is 0 Å². The van der Waals surface area contributed by atoms with E-state index < -0.39 is 10.0 Å². The number of rotatable bonds is 6. The molecule has 1 amide bonds. The fourth-order valence-electron chi connectivity index (χ4n) is 2.95. The number of hydrogen-bond acceptors (Lipinski definition) is 4. The van der Waals surface area contributed by atoms with Crippen molar-refractivity contribution in [1.29, 1.82) is 0 Å². The quantitative estimate of drug-likeness (QED) is 0.737. The molecule has 0 aromatic rings. The first-order valence-corrected chi connectivity index (χ1v) is 9.62. The highest BCUT2D eigenvalue weighted by Gasteiger charge is 2.31. The highest BCUT2D eigenvalue weighted by molar-refractivity contribution is 7.89. The van der Waals surface area contributed by atoms with Crippen LogP contribution in [0.15, 0.2) is 0 Å². The van der Waals surface area contributed by atoms with Crippen molar-refractivity contribution in [3.63, 3.8) is 0 Å². The fourth-order valence-corrected chi connectivity index (χ4v) is 4.63. The molecule has 1 atom stereocenters. The molecule has 0 spiro atoms. The summed E-state index contributed by atoms with van der Waals surface area (Å²) in [6.45, 7) is 4.75. The van der Waals surface area contributed by atoms with Gasteiger partial charge in [0.2, 0.25) is 15.9 Å². The maximum Gasteiger partial charge on any atom is 0.223 e. The number of carbonyl (C=O) groups is 1. The van der Waals surface area contributed by atoms with Crippen LogP contribution in [-0.2, 0) is 14.8 Å². The topological polar surface area (TPSA) is 78.5 Å². The minimum Gasteiger partial charge on any atom is -0.352 e. The van der Waals surface area contributed by atoms with Crippen molar-refractivity contribution < 1.29 is 13.2 Å². The Hall–Kier alpha value is -0.370. The molecule has 2 heterocycles. The van der Waals surface area contributed by atoms with Crippen LogP contribution < -0.4 is 10.6 Å². The van der Waals surface area contributed by atoms with Crippen LogP contribution in [0.3, 0.4) is 0 Å². The Bertz CT molecular complexity index is 444. The third kappa shape index (κ3) is 5.37. The normalized spacial score (nSPS) is 24.0. The number of carbonyl (C=O) groups excluding carboxylic acids is 1. The van der Waals surface area contributed by atoms with Crippen molar-refractivity contribution in [3.05, 3.63) is 0 Å². The molecule has 2 aliphatic heterocycles. The van der Waals surface area contributed by atoms with E-state index in [0.29, 0.717) is 32.4 Å². The second kappa shape index (κ2) is 9.05. The molecule has 0 aromatic carbocycles. The van der Waals surface area contributed by atoms with Crippen molar-refractivity contribution in [2.24, 2.45) is 5.92 Å². The van der Waals surface area contributed by atoms with Gasteiger partial charge in [-0.05, 0) is 32.2 Å². The summed E-state index contributed by atoms with van der Waals surface area (Å²) in [7, 11) is -3.13. The summed E-state index contributed by atoms with van der Waals surface area (Å²) >= 11 is 0. The van der Waals surface area contributed by atoms with Gasteiger partial charge in [-0.1, -0.05) is 13.3 Å². The lowest BCUT2D eigenvalue weighted by atomic mass is 9.97. The molecule has 0 saturated carbocycles. The molecule has 6 nitrogen and oxygen atoms in total. The van der Waals surface area contributed by atoms with Gasteiger partial charge in [0, 0.05) is 31.6 Å². The lowest BCUT2D eigenvalue weighted by Gasteiger charge is -2.31. The molecule has 2 saturated heterocycles. The number of unbranched alkanes of at least 4 members (excludes halogenated alkanes) is 1. The third-order valence-electron chi connectivity index (χ3n) is 4.38. The molecule has 0 aliphatic carbocycles. The Morgan fingerprint density at radius 2 is 1.95 bits per heavy atom. The number of sulfonamides is 1. The fraction of sp³-hybridized carbons (Fsp3) is 0.929. The molecule has 2 fully saturated rings. The zero-order valence-corrected chi connectivity index (χ0v) is 14.8. The zero-order valence-electron chi connectivity index (χ0n) is 13.2. The Labute approximate surface area is 139 Å². The minimum absolute atomic E-state index is 0. The summed E-state index contributed by atoms with van der Waals surface area (Å²) in [5.41, 5.74) is 0. The lowest BCUT2D eigenvalue weighted by Crippen LogP contribution is -2.46. The Balaban J connectivity index is 0.00000242. The number of halogens is 1. The van der Waals surface area contributed by atoms with Crippen LogP contribution in [0.25, 0.3) is 0 Å². The number of piperidine rings is 1. The van der Waals surface area contributed by atoms with Gasteiger partial charge in [0.1, 0.15) is 0 Å². The van der Waals surface area contributed by atoms with E-state index in [2.05, 4.69) is 10.6 Å². The molecule has 22 heavy (non-hydrogen) atoms. The number of hydrogen-bond donors (Lipinski definition) is 2. The van der Waals surface area contributed by atoms with Crippen molar-refractivity contribution in [1.82, 2.24) is 14.9 Å². The van der Waals surface area contributed by atoms with Crippen LogP contribution in [0.5, 0.6) is 0 Å². The van der Waals surface area contributed by atoms with Gasteiger partial charge in [-0.15, -0.1) is 12.4 Å². The van der Waals surface area contributed by atoms with E-state index in [9.17, 15) is 13.2 Å². The molecule has 0 radical (unpaired) electrons. The molecular formula is C14H28ClN3O3S. The Kier molecular flexibility index (Phi) is 8.10. The molecule has 2 rings (SSSR count). The first kappa shape index (κ1) is 19.7. The number of amides is 1. The number of nitrogens with zero attached hydrogens (tertiary/aromatic N) is 1. The Morgan fingerprint density at radius 1 is 1.27 bits per heavy atom. The number of nitrogens with one attached hydrogen (secondary N) is 2. The predicted octanol–water partition coefficient (Wildman–Crippen LogP) is 0.728. The molecule has 0 aromatic heterocycles. The minimum atomic E-state index is -3.13. The van der Waals surface area contributed by atoms with E-state index in [1.165, 1.54) is 0 Å². The van der Waals surface area contributed by atoms with Crippen LogP contribution >= 0.6 is 12.4 Å². The largest absolute Gasteiger partial charge is 0.352 e. The van der Waals surface area contributed by atoms with Crippen LogP contribution in [0.2, 0.25) is 0 Å². The van der Waals surface area contributed by atoms with Gasteiger partial charge in [0.25, 0.3) is 0 Å². The average Bonchev–Trinajstić information content (AvgIpc) is 2.98. The summed E-state index contributed by atoms with van der Waals surface area (Å²) in [5.74, 6) is 0.284. The van der Waals surface area contributed by atoms with E-state index in [0.717, 1.165) is 25.9 Å². The predicted molar refractivity (Wildman–Crippen MR) is 89.7 cm³/mol. The molecule has 0 bridgehead atoms. The molecule has 2 N–H and O–H groups in total. The third-order valence-corrected chi connectivity index (χ3v) is 6.34. The summed E-state index contributed by atoms with van der Waals surface area (Å²) in [4.78, 5) is 12.2. The maximum absolute atomic E-state index is 12.2. The van der Waals surface area contributed by atoms with Crippen molar-refractivity contribution >= 4 is 28.3 Å². The smallest absolute Gasteiger partial charge is 0.223 e. The summed E-state index contributed by atoms with van der Waals surface area (Å²) in [6, 6.07) is 0.240. The van der Waals surface area contributed by atoms with Gasteiger partial charge >= 0.3 is 0 Å². The lowest BCUT2D eigenvalue weighted by molar-refractivity contribution is -0.126. The monoisotopic (exact) mass is 353 g/mol. The standard InChI is InChI=1S/C14H27N3O3S.ClH/c1-2-3-10-21(19,20)17-8-5-12(6-9-17)14(18)16-13-4-7-15-11-13;/h12-13,15H,2-11H2,1H3,(H,16,18);1H. The van der Waals surface area contributed by atoms with Crippen molar-refractivity contribution in [2.75, 3.05) is 31.9 Å². The first-order chi connectivity index (χ1) is 10.0. The van der Waals surface area contributed by atoms with Crippen LogP contribution in [0.4, 0.5) is 0 Å². The highest BCUT2D eigenvalue weighted by atomic mass is 35.5. The van der Waals surface area contributed by atoms with E-state index >= 15 is 0 Å². The summed E-state index contributed by atoms with van der Waals surface area (Å²) < 4.78 is 25.8. The average molecular weight is 354 g/mol. The molecule has 8 heteroatoms. The zero-order chi connectivity index (χ0) is 15.3. The van der Waals surface area contributed by atoms with Crippen molar-refractivity contribution in [3.8, 4) is 0 Å². The Morgan fingerprint density at radius 3 is 2.50 bits per heavy atom. The van der Waals surface area contributed by atoms with Crippen molar-refractivity contribution in [2.45, 2.75) is 45.1 Å².